The van der Waals surface area contributed by atoms with Crippen molar-refractivity contribution >= 4 is 29.5 Å². The van der Waals surface area contributed by atoms with Gasteiger partial charge in [-0.2, -0.15) is 0 Å². The van der Waals surface area contributed by atoms with Crippen LogP contribution < -0.4 is 0 Å². The summed E-state index contributed by atoms with van der Waals surface area (Å²) in [6.07, 6.45) is 7.83. The first-order chi connectivity index (χ1) is 7.86. The molecular formula is C12H32Cl2P2Pt. The minimum absolute atomic E-state index is 1.30. The predicted octanol–water partition coefficient (Wildman–Crippen LogP) is 5.90. The third-order valence-corrected chi connectivity index (χ3v) is 87.5. The minimum atomic E-state index is -2.55. The number of rotatable bonds is 8. The summed E-state index contributed by atoms with van der Waals surface area (Å²) in [5, 5.41) is -2.74. The van der Waals surface area contributed by atoms with Crippen LogP contribution >= 0.6 is 29.5 Å². The molecule has 0 N–H and O–H groups in total. The molecule has 17 heavy (non-hydrogen) atoms. The van der Waals surface area contributed by atoms with Crippen molar-refractivity contribution in [3.8, 4) is 0 Å². The number of halogens is 2. The molecule has 0 aliphatic carbocycles. The number of hydrogen-bond donors (Lipinski definition) is 0. The van der Waals surface area contributed by atoms with E-state index in [4.69, 9.17) is 18.8 Å². The first-order valence-corrected chi connectivity index (χ1v) is 24.2. The van der Waals surface area contributed by atoms with Crippen LogP contribution in [-0.4, -0.2) is 37.0 Å². The van der Waals surface area contributed by atoms with Crippen molar-refractivity contribution in [2.45, 2.75) is 41.5 Å². The molecular weight excluding hydrogens is 472 g/mol. The predicted molar refractivity (Wildman–Crippen MR) is 91.6 cm³/mol. The van der Waals surface area contributed by atoms with Gasteiger partial charge in [-0.3, -0.25) is 0 Å². The van der Waals surface area contributed by atoms with Crippen LogP contribution in [0.15, 0.2) is 0 Å². The molecule has 0 aliphatic rings. The van der Waals surface area contributed by atoms with Crippen LogP contribution in [0.4, 0.5) is 0 Å². The quantitative estimate of drug-likeness (QED) is 0.362. The van der Waals surface area contributed by atoms with Gasteiger partial charge in [-0.15, -0.1) is 0 Å². The van der Waals surface area contributed by atoms with Crippen molar-refractivity contribution < 1.29 is 13.0 Å². The molecule has 0 saturated carbocycles. The fourth-order valence-electron chi connectivity index (χ4n) is 2.70. The van der Waals surface area contributed by atoms with Gasteiger partial charge in [0.1, 0.15) is 0 Å². The van der Waals surface area contributed by atoms with Gasteiger partial charge in [-0.25, -0.2) is 0 Å². The van der Waals surface area contributed by atoms with E-state index in [-0.39, 0.29) is 0 Å². The molecule has 0 fully saturated rings. The Balaban J connectivity index is 5.60. The first kappa shape index (κ1) is 19.1. The summed E-state index contributed by atoms with van der Waals surface area (Å²) in [7, 11) is 14.5. The van der Waals surface area contributed by atoms with Gasteiger partial charge in [0.25, 0.3) is 0 Å². The Hall–Kier alpha value is 2.13. The van der Waals surface area contributed by atoms with Crippen LogP contribution in [0.1, 0.15) is 41.5 Å². The van der Waals surface area contributed by atoms with Crippen LogP contribution in [0, 0.1) is 0 Å². The van der Waals surface area contributed by atoms with E-state index >= 15 is 0 Å². The Kier molecular flexibility index (Phi) is 8.77. The Morgan fingerprint density at radius 3 is 0.882 bits per heavy atom. The molecule has 0 bridgehead atoms. The van der Waals surface area contributed by atoms with Gasteiger partial charge in [0, 0.05) is 0 Å². The van der Waals surface area contributed by atoms with E-state index in [0.29, 0.717) is 0 Å². The Morgan fingerprint density at radius 1 is 0.588 bits per heavy atom. The molecule has 114 valence electrons. The second-order valence-corrected chi connectivity index (χ2v) is 54.1. The van der Waals surface area contributed by atoms with Crippen molar-refractivity contribution in [3.05, 3.63) is 0 Å². The van der Waals surface area contributed by atoms with E-state index < -0.39 is 23.7 Å². The van der Waals surface area contributed by atoms with Crippen LogP contribution in [0.5, 0.6) is 0 Å². The van der Waals surface area contributed by atoms with E-state index in [1.165, 1.54) is 37.0 Å². The third-order valence-electron chi connectivity index (χ3n) is 4.51. The molecule has 0 rings (SSSR count). The van der Waals surface area contributed by atoms with Crippen LogP contribution in [0.3, 0.4) is 0 Å². The Bertz CT molecular complexity index is 188. The summed E-state index contributed by atoms with van der Waals surface area (Å²) in [6, 6.07) is 0. The molecule has 0 aromatic rings. The van der Waals surface area contributed by atoms with E-state index in [9.17, 15) is 0 Å². The maximum atomic E-state index is 7.25. The fourth-order valence-corrected chi connectivity index (χ4v) is 92.8. The summed E-state index contributed by atoms with van der Waals surface area (Å²) in [6.45, 7) is 14.1. The van der Waals surface area contributed by atoms with Gasteiger partial charge in [0.15, 0.2) is 0 Å². The van der Waals surface area contributed by atoms with Gasteiger partial charge in [-0.05, 0) is 0 Å². The van der Waals surface area contributed by atoms with Crippen LogP contribution in [-0.2, 0) is 13.0 Å². The van der Waals surface area contributed by atoms with E-state index in [0.717, 1.165) is 0 Å². The summed E-state index contributed by atoms with van der Waals surface area (Å²) in [5.41, 5.74) is 0. The second kappa shape index (κ2) is 7.79. The van der Waals surface area contributed by atoms with E-state index in [1.54, 1.807) is 0 Å². The Morgan fingerprint density at radius 2 is 0.765 bits per heavy atom. The van der Waals surface area contributed by atoms with E-state index in [2.05, 4.69) is 41.5 Å². The molecule has 0 aliphatic heterocycles. The topological polar surface area (TPSA) is 0 Å². The van der Waals surface area contributed by atoms with Gasteiger partial charge in [0.2, 0.25) is 0 Å². The normalized spacial score (nSPS) is 16.9. The third kappa shape index (κ3) is 3.24. The molecule has 0 nitrogen and oxygen atoms in total. The van der Waals surface area contributed by atoms with Gasteiger partial charge < -0.3 is 0 Å². The first-order valence-electron chi connectivity index (χ1n) is 6.92. The molecule has 0 radical (unpaired) electrons. The molecule has 0 heterocycles. The molecule has 0 aromatic heterocycles. The number of hydrogen-bond acceptors (Lipinski definition) is 0. The molecule has 0 amide bonds. The van der Waals surface area contributed by atoms with Crippen molar-refractivity contribution in [2.75, 3.05) is 37.0 Å². The maximum absolute atomic E-state index is 7.25. The molecule has 0 saturated heterocycles. The summed E-state index contributed by atoms with van der Waals surface area (Å²) in [5.74, 6) is 0. The average molecular weight is 504 g/mol. The van der Waals surface area contributed by atoms with Gasteiger partial charge in [-0.1, -0.05) is 0 Å². The molecule has 0 unspecified atom stereocenters. The molecule has 5 heteroatoms. The zero-order valence-electron chi connectivity index (χ0n) is 12.3. The summed E-state index contributed by atoms with van der Waals surface area (Å²) >= 11 is -2.55. The molecule has 0 spiro atoms. The van der Waals surface area contributed by atoms with Crippen LogP contribution in [0.2, 0.25) is 0 Å². The zero-order chi connectivity index (χ0) is 13.7. The fraction of sp³-hybridized carbons (Fsp3) is 1.00. The SMILES string of the molecule is CC[PH](CC)(CC)[Pt]([Cl])([Cl])[PH](CC)(CC)CC. The van der Waals surface area contributed by atoms with Gasteiger partial charge >= 0.3 is 121 Å². The standard InChI is InChI=1S/2C6H15P.2ClH.Pt/c2*1-4-7(5-2)6-3;;;/h2*4-6H2,1-3H3;2*1H;. The monoisotopic (exact) mass is 503 g/mol. The summed E-state index contributed by atoms with van der Waals surface area (Å²) < 4.78 is 0. The van der Waals surface area contributed by atoms with Crippen molar-refractivity contribution in [3.63, 3.8) is 0 Å². The second-order valence-electron chi connectivity index (χ2n) is 4.66. The van der Waals surface area contributed by atoms with E-state index in [1.807, 2.05) is 0 Å². The van der Waals surface area contributed by atoms with Crippen molar-refractivity contribution in [2.24, 2.45) is 0 Å². The van der Waals surface area contributed by atoms with Crippen molar-refractivity contribution in [1.29, 1.82) is 0 Å². The molecule has 0 aromatic carbocycles. The van der Waals surface area contributed by atoms with Crippen LogP contribution in [0.25, 0.3) is 0 Å². The molecule has 0 atom stereocenters. The van der Waals surface area contributed by atoms with Gasteiger partial charge in [0.05, 0.1) is 0 Å². The average Bonchev–Trinajstić information content (AvgIpc) is 2.34. The zero-order valence-corrected chi connectivity index (χ0v) is 18.1. The van der Waals surface area contributed by atoms with Crippen molar-refractivity contribution in [1.82, 2.24) is 0 Å². The summed E-state index contributed by atoms with van der Waals surface area (Å²) in [4.78, 5) is 0. The Labute approximate surface area is 120 Å².